The third-order valence-corrected chi connectivity index (χ3v) is 2.31. The molecule has 3 heteroatoms. The molecule has 0 spiro atoms. The van der Waals surface area contributed by atoms with E-state index < -0.39 is 0 Å². The van der Waals surface area contributed by atoms with Crippen molar-refractivity contribution in [2.75, 3.05) is 6.54 Å². The van der Waals surface area contributed by atoms with Gasteiger partial charge in [0.25, 0.3) is 0 Å². The maximum atomic E-state index is 9.63. The van der Waals surface area contributed by atoms with Crippen LogP contribution in [0.25, 0.3) is 0 Å². The van der Waals surface area contributed by atoms with Crippen LogP contribution in [-0.2, 0) is 0 Å². The molecule has 82 valence electrons. The van der Waals surface area contributed by atoms with E-state index in [2.05, 4.69) is 0 Å². The molecular weight excluding hydrogens is 188 g/mol. The van der Waals surface area contributed by atoms with Crippen LogP contribution in [0, 0.1) is 0 Å². The molecule has 0 saturated heterocycles. The molecule has 0 amide bonds. The molecule has 3 nitrogen and oxygen atoms in total. The van der Waals surface area contributed by atoms with Crippen molar-refractivity contribution in [1.29, 1.82) is 0 Å². The summed E-state index contributed by atoms with van der Waals surface area (Å²) in [6, 6.07) is 0. The Morgan fingerprint density at radius 3 is 2.93 bits per heavy atom. The second-order valence-corrected chi connectivity index (χ2v) is 3.51. The maximum absolute atomic E-state index is 9.63. The van der Waals surface area contributed by atoms with Gasteiger partial charge in [-0.1, -0.05) is 6.08 Å². The highest BCUT2D eigenvalue weighted by molar-refractivity contribution is 5.46. The molecular formula is C12H18N2O. The van der Waals surface area contributed by atoms with Crippen molar-refractivity contribution in [3.8, 4) is 0 Å². The molecule has 1 aliphatic rings. The van der Waals surface area contributed by atoms with E-state index in [0.717, 1.165) is 12.0 Å². The zero-order valence-electron chi connectivity index (χ0n) is 9.03. The van der Waals surface area contributed by atoms with Crippen molar-refractivity contribution in [3.05, 3.63) is 46.9 Å². The van der Waals surface area contributed by atoms with Crippen molar-refractivity contribution in [2.24, 2.45) is 11.5 Å². The monoisotopic (exact) mass is 206 g/mol. The Kier molecular flexibility index (Phi) is 4.18. The van der Waals surface area contributed by atoms with Crippen molar-refractivity contribution in [2.45, 2.75) is 19.8 Å². The Labute approximate surface area is 90.5 Å². The van der Waals surface area contributed by atoms with Crippen LogP contribution in [0.4, 0.5) is 0 Å². The second-order valence-electron chi connectivity index (χ2n) is 3.51. The first-order valence-corrected chi connectivity index (χ1v) is 5.10. The molecule has 0 aromatic heterocycles. The largest absolute Gasteiger partial charge is 0.508 e. The minimum Gasteiger partial charge on any atom is -0.508 e. The molecule has 5 N–H and O–H groups in total. The van der Waals surface area contributed by atoms with Gasteiger partial charge in [-0.15, -0.1) is 0 Å². The van der Waals surface area contributed by atoms with Gasteiger partial charge >= 0.3 is 0 Å². The lowest BCUT2D eigenvalue weighted by atomic mass is 9.99. The normalized spacial score (nSPS) is 20.1. The van der Waals surface area contributed by atoms with Gasteiger partial charge < -0.3 is 16.6 Å². The van der Waals surface area contributed by atoms with Crippen molar-refractivity contribution in [1.82, 2.24) is 0 Å². The van der Waals surface area contributed by atoms with Crippen LogP contribution in [-0.4, -0.2) is 11.7 Å². The maximum Gasteiger partial charge on any atom is 0.119 e. The summed E-state index contributed by atoms with van der Waals surface area (Å²) in [5.41, 5.74) is 13.8. The lowest BCUT2D eigenvalue weighted by Gasteiger charge is -2.11. The van der Waals surface area contributed by atoms with E-state index in [0.29, 0.717) is 24.4 Å². The first-order valence-electron chi connectivity index (χ1n) is 5.10. The summed E-state index contributed by atoms with van der Waals surface area (Å²) in [6.45, 7) is 2.50. The first kappa shape index (κ1) is 11.6. The van der Waals surface area contributed by atoms with Crippen molar-refractivity contribution >= 4 is 0 Å². The van der Waals surface area contributed by atoms with Gasteiger partial charge in [0.1, 0.15) is 5.76 Å². The summed E-state index contributed by atoms with van der Waals surface area (Å²) in [7, 11) is 0. The lowest BCUT2D eigenvalue weighted by molar-refractivity contribution is 0.422. The van der Waals surface area contributed by atoms with Crippen LogP contribution in [0.1, 0.15) is 19.8 Å². The Hall–Kier alpha value is -1.48. The number of nitrogens with two attached hydrogens (primary N) is 2. The van der Waals surface area contributed by atoms with Crippen LogP contribution >= 0.6 is 0 Å². The predicted molar refractivity (Wildman–Crippen MR) is 63.1 cm³/mol. The third kappa shape index (κ3) is 3.29. The molecule has 1 aliphatic carbocycles. The van der Waals surface area contributed by atoms with Gasteiger partial charge in [0.2, 0.25) is 0 Å². The highest BCUT2D eigenvalue weighted by Gasteiger charge is 2.07. The van der Waals surface area contributed by atoms with Gasteiger partial charge in [0.05, 0.1) is 0 Å². The van der Waals surface area contributed by atoms with Gasteiger partial charge in [0, 0.05) is 11.3 Å². The van der Waals surface area contributed by atoms with Crippen LogP contribution in [0.2, 0.25) is 0 Å². The smallest absolute Gasteiger partial charge is 0.119 e. The number of rotatable bonds is 3. The fourth-order valence-corrected chi connectivity index (χ4v) is 1.42. The van der Waals surface area contributed by atoms with Crippen molar-refractivity contribution < 1.29 is 5.11 Å². The molecule has 0 fully saturated rings. The van der Waals surface area contributed by atoms with E-state index in [9.17, 15) is 5.11 Å². The molecule has 0 heterocycles. The van der Waals surface area contributed by atoms with Gasteiger partial charge in [-0.05, 0) is 50.1 Å². The minimum absolute atomic E-state index is 0.292. The fraction of sp³-hybridized carbons (Fsp3) is 0.333. The summed E-state index contributed by atoms with van der Waals surface area (Å²) in [6.07, 6.45) is 8.96. The predicted octanol–water partition coefficient (Wildman–Crippen LogP) is 1.90. The molecule has 0 aromatic carbocycles. The molecule has 0 atom stereocenters. The Balaban J connectivity index is 2.87. The quantitative estimate of drug-likeness (QED) is 0.660. The highest BCUT2D eigenvalue weighted by Crippen LogP contribution is 2.22. The molecule has 1 rings (SSSR count). The first-order chi connectivity index (χ1) is 7.17. The molecule has 15 heavy (non-hydrogen) atoms. The average Bonchev–Trinajstić information content (AvgIpc) is 2.21. The summed E-state index contributed by atoms with van der Waals surface area (Å²) in [5.74, 6) is 0.292. The standard InChI is InChI=1S/C12H18N2O/c1-2-9-3-4-12(15)10(7-9)8-11(14)5-6-13/h2,4,7-8,15H,3,5-6,13-14H2,1H3. The van der Waals surface area contributed by atoms with Gasteiger partial charge in [-0.2, -0.15) is 0 Å². The Bertz CT molecular complexity index is 349. The van der Waals surface area contributed by atoms with E-state index in [-0.39, 0.29) is 0 Å². The van der Waals surface area contributed by atoms with E-state index in [1.54, 1.807) is 12.2 Å². The minimum atomic E-state index is 0.292. The van der Waals surface area contributed by atoms with Crippen LogP contribution in [0.3, 0.4) is 0 Å². The van der Waals surface area contributed by atoms with Crippen LogP contribution in [0.15, 0.2) is 46.9 Å². The van der Waals surface area contributed by atoms with Crippen LogP contribution in [0.5, 0.6) is 0 Å². The third-order valence-electron chi connectivity index (χ3n) is 2.31. The number of aliphatic hydroxyl groups is 1. The summed E-state index contributed by atoms with van der Waals surface area (Å²) in [5, 5.41) is 9.63. The summed E-state index contributed by atoms with van der Waals surface area (Å²) < 4.78 is 0. The topological polar surface area (TPSA) is 72.3 Å². The Morgan fingerprint density at radius 2 is 2.33 bits per heavy atom. The lowest BCUT2D eigenvalue weighted by Crippen LogP contribution is -2.07. The van der Waals surface area contributed by atoms with Gasteiger partial charge in [-0.3, -0.25) is 0 Å². The Morgan fingerprint density at radius 1 is 1.60 bits per heavy atom. The molecule has 0 radical (unpaired) electrons. The highest BCUT2D eigenvalue weighted by atomic mass is 16.3. The SMILES string of the molecule is CC=C1C=C(C=C(N)CCN)C(O)=CC1. The van der Waals surface area contributed by atoms with Gasteiger partial charge in [-0.25, -0.2) is 0 Å². The summed E-state index contributed by atoms with van der Waals surface area (Å²) >= 11 is 0. The van der Waals surface area contributed by atoms with E-state index in [1.165, 1.54) is 5.57 Å². The number of aliphatic hydroxyl groups excluding tert-OH is 1. The van der Waals surface area contributed by atoms with E-state index in [4.69, 9.17) is 11.5 Å². The second kappa shape index (κ2) is 5.41. The molecule has 0 bridgehead atoms. The number of hydrogen-bond acceptors (Lipinski definition) is 3. The molecule has 0 aromatic rings. The number of hydrogen-bond donors (Lipinski definition) is 3. The van der Waals surface area contributed by atoms with Crippen LogP contribution < -0.4 is 11.5 Å². The number of allylic oxidation sites excluding steroid dienone is 5. The van der Waals surface area contributed by atoms with E-state index in [1.807, 2.05) is 19.1 Å². The summed E-state index contributed by atoms with van der Waals surface area (Å²) in [4.78, 5) is 0. The molecule has 0 saturated carbocycles. The van der Waals surface area contributed by atoms with Crippen molar-refractivity contribution in [3.63, 3.8) is 0 Å². The average molecular weight is 206 g/mol. The van der Waals surface area contributed by atoms with E-state index >= 15 is 0 Å². The molecule has 0 aliphatic heterocycles. The molecule has 0 unspecified atom stereocenters. The fourth-order valence-electron chi connectivity index (χ4n) is 1.42. The zero-order valence-corrected chi connectivity index (χ0v) is 9.03. The van der Waals surface area contributed by atoms with Gasteiger partial charge in [0.15, 0.2) is 0 Å². The zero-order chi connectivity index (χ0) is 11.3.